The fourth-order valence-electron chi connectivity index (χ4n) is 3.31. The van der Waals surface area contributed by atoms with Gasteiger partial charge in [-0.15, -0.1) is 0 Å². The SMILES string of the molecule is Fc1ccc(Cn2ccc3c(N4CCNCC4)cccc32)cc1. The Hall–Kier alpha value is -2.33. The normalized spacial score (nSPS) is 15.3. The molecule has 0 unspecified atom stereocenters. The average molecular weight is 309 g/mol. The molecule has 0 bridgehead atoms. The second-order valence-corrected chi connectivity index (χ2v) is 6.02. The molecule has 1 aliphatic rings. The van der Waals surface area contributed by atoms with Gasteiger partial charge in [0, 0.05) is 50.0 Å². The van der Waals surface area contributed by atoms with Crippen molar-refractivity contribution in [2.45, 2.75) is 6.54 Å². The lowest BCUT2D eigenvalue weighted by Gasteiger charge is -2.30. The molecule has 1 aliphatic heterocycles. The van der Waals surface area contributed by atoms with Crippen LogP contribution in [0.1, 0.15) is 5.56 Å². The molecule has 1 fully saturated rings. The third-order valence-corrected chi connectivity index (χ3v) is 4.51. The van der Waals surface area contributed by atoms with Crippen LogP contribution in [0.2, 0.25) is 0 Å². The monoisotopic (exact) mass is 309 g/mol. The Bertz CT molecular complexity index is 801. The van der Waals surface area contributed by atoms with E-state index >= 15 is 0 Å². The summed E-state index contributed by atoms with van der Waals surface area (Å²) in [5, 5.41) is 4.69. The Balaban J connectivity index is 1.68. The van der Waals surface area contributed by atoms with Crippen molar-refractivity contribution in [3.63, 3.8) is 0 Å². The fourth-order valence-corrected chi connectivity index (χ4v) is 3.31. The zero-order valence-electron chi connectivity index (χ0n) is 13.0. The Morgan fingerprint density at radius 3 is 2.52 bits per heavy atom. The van der Waals surface area contributed by atoms with Gasteiger partial charge in [-0.2, -0.15) is 0 Å². The van der Waals surface area contributed by atoms with Crippen molar-refractivity contribution >= 4 is 16.6 Å². The zero-order valence-corrected chi connectivity index (χ0v) is 13.0. The second kappa shape index (κ2) is 6.05. The molecule has 23 heavy (non-hydrogen) atoms. The van der Waals surface area contributed by atoms with E-state index in [1.165, 1.54) is 28.7 Å². The van der Waals surface area contributed by atoms with Crippen LogP contribution >= 0.6 is 0 Å². The number of benzene rings is 2. The van der Waals surface area contributed by atoms with Crippen molar-refractivity contribution in [1.29, 1.82) is 0 Å². The predicted molar refractivity (Wildman–Crippen MR) is 92.5 cm³/mol. The summed E-state index contributed by atoms with van der Waals surface area (Å²) in [6.45, 7) is 4.92. The van der Waals surface area contributed by atoms with Crippen LogP contribution in [0.15, 0.2) is 54.7 Å². The van der Waals surface area contributed by atoms with E-state index in [0.717, 1.165) is 38.3 Å². The molecule has 2 heterocycles. The quantitative estimate of drug-likeness (QED) is 0.801. The van der Waals surface area contributed by atoms with Crippen LogP contribution in [-0.2, 0) is 6.54 Å². The molecule has 0 radical (unpaired) electrons. The molecule has 2 aromatic carbocycles. The Morgan fingerprint density at radius 1 is 0.957 bits per heavy atom. The van der Waals surface area contributed by atoms with Crippen LogP contribution in [0.5, 0.6) is 0 Å². The average Bonchev–Trinajstić information content (AvgIpc) is 3.01. The van der Waals surface area contributed by atoms with Crippen LogP contribution in [0, 0.1) is 5.82 Å². The first kappa shape index (κ1) is 14.3. The molecule has 0 amide bonds. The molecule has 0 spiro atoms. The third kappa shape index (κ3) is 2.82. The highest BCUT2D eigenvalue weighted by molar-refractivity contribution is 5.93. The maximum Gasteiger partial charge on any atom is 0.123 e. The molecule has 1 N–H and O–H groups in total. The summed E-state index contributed by atoms with van der Waals surface area (Å²) in [6, 6.07) is 15.4. The van der Waals surface area contributed by atoms with E-state index in [4.69, 9.17) is 0 Å². The highest BCUT2D eigenvalue weighted by Crippen LogP contribution is 2.28. The Morgan fingerprint density at radius 2 is 1.74 bits per heavy atom. The molecule has 1 aromatic heterocycles. The van der Waals surface area contributed by atoms with Crippen molar-refractivity contribution in [2.24, 2.45) is 0 Å². The van der Waals surface area contributed by atoms with Gasteiger partial charge in [0.15, 0.2) is 0 Å². The number of rotatable bonds is 3. The van der Waals surface area contributed by atoms with E-state index in [9.17, 15) is 4.39 Å². The summed E-state index contributed by atoms with van der Waals surface area (Å²) in [6.07, 6.45) is 2.12. The van der Waals surface area contributed by atoms with Crippen LogP contribution in [0.3, 0.4) is 0 Å². The van der Waals surface area contributed by atoms with E-state index in [2.05, 4.69) is 45.2 Å². The summed E-state index contributed by atoms with van der Waals surface area (Å²) >= 11 is 0. The largest absolute Gasteiger partial charge is 0.368 e. The minimum Gasteiger partial charge on any atom is -0.368 e. The van der Waals surface area contributed by atoms with Crippen LogP contribution < -0.4 is 10.2 Å². The first-order chi connectivity index (χ1) is 11.3. The molecular weight excluding hydrogens is 289 g/mol. The summed E-state index contributed by atoms with van der Waals surface area (Å²) in [7, 11) is 0. The maximum atomic E-state index is 13.1. The van der Waals surface area contributed by atoms with Gasteiger partial charge in [0.25, 0.3) is 0 Å². The topological polar surface area (TPSA) is 20.2 Å². The zero-order chi connectivity index (χ0) is 15.6. The third-order valence-electron chi connectivity index (χ3n) is 4.51. The standard InChI is InChI=1S/C19H20FN3/c20-16-6-4-15(5-7-16)14-23-11-8-17-18(2-1-3-19(17)23)22-12-9-21-10-13-22/h1-8,11,21H,9-10,12-14H2. The summed E-state index contributed by atoms with van der Waals surface area (Å²) in [4.78, 5) is 2.45. The van der Waals surface area contributed by atoms with Gasteiger partial charge in [0.2, 0.25) is 0 Å². The number of anilines is 1. The van der Waals surface area contributed by atoms with Gasteiger partial charge >= 0.3 is 0 Å². The lowest BCUT2D eigenvalue weighted by Crippen LogP contribution is -2.43. The van der Waals surface area contributed by atoms with E-state index in [1.54, 1.807) is 0 Å². The van der Waals surface area contributed by atoms with Gasteiger partial charge in [0.05, 0.1) is 5.52 Å². The van der Waals surface area contributed by atoms with Gasteiger partial charge in [-0.25, -0.2) is 4.39 Å². The molecule has 4 rings (SSSR count). The molecule has 3 aromatic rings. The second-order valence-electron chi connectivity index (χ2n) is 6.02. The van der Waals surface area contributed by atoms with E-state index in [0.29, 0.717) is 0 Å². The molecule has 0 atom stereocenters. The van der Waals surface area contributed by atoms with E-state index in [-0.39, 0.29) is 5.82 Å². The highest BCUT2D eigenvalue weighted by Gasteiger charge is 2.14. The maximum absolute atomic E-state index is 13.1. The van der Waals surface area contributed by atoms with Crippen molar-refractivity contribution in [2.75, 3.05) is 31.1 Å². The number of nitrogens with zero attached hydrogens (tertiary/aromatic N) is 2. The molecule has 118 valence electrons. The first-order valence-corrected chi connectivity index (χ1v) is 8.09. The lowest BCUT2D eigenvalue weighted by molar-refractivity contribution is 0.590. The van der Waals surface area contributed by atoms with Crippen molar-refractivity contribution in [3.8, 4) is 0 Å². The number of hydrogen-bond acceptors (Lipinski definition) is 2. The highest BCUT2D eigenvalue weighted by atomic mass is 19.1. The molecule has 3 nitrogen and oxygen atoms in total. The minimum atomic E-state index is -0.188. The van der Waals surface area contributed by atoms with Gasteiger partial charge in [-0.3, -0.25) is 0 Å². The van der Waals surface area contributed by atoms with Crippen molar-refractivity contribution in [3.05, 3.63) is 66.1 Å². The Kier molecular flexibility index (Phi) is 3.75. The summed E-state index contributed by atoms with van der Waals surface area (Å²) in [5.41, 5.74) is 3.64. The van der Waals surface area contributed by atoms with E-state index in [1.807, 2.05) is 12.1 Å². The number of piperazine rings is 1. The molecular formula is C19H20FN3. The molecule has 0 saturated carbocycles. The number of fused-ring (bicyclic) bond motifs is 1. The first-order valence-electron chi connectivity index (χ1n) is 8.09. The van der Waals surface area contributed by atoms with Crippen LogP contribution in [0.25, 0.3) is 10.9 Å². The molecule has 1 saturated heterocycles. The minimum absolute atomic E-state index is 0.188. The number of hydrogen-bond donors (Lipinski definition) is 1. The van der Waals surface area contributed by atoms with Crippen molar-refractivity contribution < 1.29 is 4.39 Å². The fraction of sp³-hybridized carbons (Fsp3) is 0.263. The van der Waals surface area contributed by atoms with Crippen LogP contribution in [-0.4, -0.2) is 30.7 Å². The number of aromatic nitrogens is 1. The molecule has 0 aliphatic carbocycles. The van der Waals surface area contributed by atoms with Crippen molar-refractivity contribution in [1.82, 2.24) is 9.88 Å². The van der Waals surface area contributed by atoms with Crippen LogP contribution in [0.4, 0.5) is 10.1 Å². The summed E-state index contributed by atoms with van der Waals surface area (Å²) in [5.74, 6) is -0.188. The van der Waals surface area contributed by atoms with Gasteiger partial charge in [-0.1, -0.05) is 18.2 Å². The lowest BCUT2D eigenvalue weighted by atomic mass is 10.1. The Labute approximate surface area is 135 Å². The van der Waals surface area contributed by atoms with E-state index < -0.39 is 0 Å². The molecule has 4 heteroatoms. The van der Waals surface area contributed by atoms with Gasteiger partial charge in [0.1, 0.15) is 5.82 Å². The smallest absolute Gasteiger partial charge is 0.123 e. The number of nitrogens with one attached hydrogen (secondary N) is 1. The number of halogens is 1. The summed E-state index contributed by atoms with van der Waals surface area (Å²) < 4.78 is 15.3. The predicted octanol–water partition coefficient (Wildman–Crippen LogP) is 3.24. The van der Waals surface area contributed by atoms with Gasteiger partial charge < -0.3 is 14.8 Å². The van der Waals surface area contributed by atoms with Gasteiger partial charge in [-0.05, 0) is 35.9 Å².